The highest BCUT2D eigenvalue weighted by Gasteiger charge is 2.23. The first-order valence-corrected chi connectivity index (χ1v) is 6.91. The zero-order valence-corrected chi connectivity index (χ0v) is 13.3. The normalized spacial score (nSPS) is 11.0. The van der Waals surface area contributed by atoms with Crippen molar-refractivity contribution < 1.29 is 19.4 Å². The molecule has 0 aromatic heterocycles. The Labute approximate surface area is 126 Å². The second-order valence-corrected chi connectivity index (χ2v) is 6.27. The first-order chi connectivity index (χ1) is 9.17. The highest BCUT2D eigenvalue weighted by molar-refractivity contribution is 9.10. The minimum absolute atomic E-state index is 0.189. The van der Waals surface area contributed by atoms with Crippen molar-refractivity contribution in [3.8, 4) is 0 Å². The molecule has 0 spiro atoms. The molecule has 0 saturated carbocycles. The maximum atomic E-state index is 12.0. The molecule has 1 rings (SSSR count). The molecule has 0 atom stereocenters. The molecule has 5 nitrogen and oxygen atoms in total. The predicted octanol–water partition coefficient (Wildman–Crippen LogP) is 3.27. The number of carboxylic acids is 1. The lowest BCUT2D eigenvalue weighted by Gasteiger charge is -2.26. The third-order valence-electron chi connectivity index (χ3n) is 2.26. The molecule has 0 radical (unpaired) electrons. The quantitative estimate of drug-likeness (QED) is 0.910. The highest BCUT2D eigenvalue weighted by Crippen LogP contribution is 2.15. The number of nitrogens with zero attached hydrogens (tertiary/aromatic N) is 1. The van der Waals surface area contributed by atoms with Crippen LogP contribution in [0.5, 0.6) is 0 Å². The maximum Gasteiger partial charge on any atom is 0.411 e. The first-order valence-electron chi connectivity index (χ1n) is 6.11. The number of benzene rings is 1. The lowest BCUT2D eigenvalue weighted by atomic mass is 10.2. The van der Waals surface area contributed by atoms with E-state index >= 15 is 0 Å². The number of ether oxygens (including phenoxy) is 1. The molecule has 0 aliphatic heterocycles. The van der Waals surface area contributed by atoms with Gasteiger partial charge >= 0.3 is 12.1 Å². The Bertz CT molecular complexity index is 479. The number of carbonyl (C=O) groups excluding carboxylic acids is 1. The molecule has 0 bridgehead atoms. The van der Waals surface area contributed by atoms with Crippen LogP contribution >= 0.6 is 15.9 Å². The van der Waals surface area contributed by atoms with Crippen molar-refractivity contribution in [3.63, 3.8) is 0 Å². The highest BCUT2D eigenvalue weighted by atomic mass is 79.9. The Morgan fingerprint density at radius 1 is 1.25 bits per heavy atom. The van der Waals surface area contributed by atoms with E-state index in [1.807, 2.05) is 24.3 Å². The number of hydrogen-bond acceptors (Lipinski definition) is 3. The summed E-state index contributed by atoms with van der Waals surface area (Å²) in [4.78, 5) is 24.0. The number of carbonyl (C=O) groups is 2. The summed E-state index contributed by atoms with van der Waals surface area (Å²) in [5, 5.41) is 8.90. The summed E-state index contributed by atoms with van der Waals surface area (Å²) in [6.45, 7) is 5.01. The molecule has 1 N–H and O–H groups in total. The van der Waals surface area contributed by atoms with E-state index in [1.165, 1.54) is 0 Å². The second kappa shape index (κ2) is 6.74. The lowest BCUT2D eigenvalue weighted by Crippen LogP contribution is -2.39. The first kappa shape index (κ1) is 16.5. The topological polar surface area (TPSA) is 66.8 Å². The Kier molecular flexibility index (Phi) is 5.56. The predicted molar refractivity (Wildman–Crippen MR) is 78.4 cm³/mol. The van der Waals surface area contributed by atoms with Gasteiger partial charge in [-0.25, -0.2) is 4.79 Å². The number of amides is 1. The van der Waals surface area contributed by atoms with Gasteiger partial charge in [-0.05, 0) is 38.5 Å². The molecule has 20 heavy (non-hydrogen) atoms. The van der Waals surface area contributed by atoms with Crippen LogP contribution in [-0.2, 0) is 16.1 Å². The van der Waals surface area contributed by atoms with Crippen LogP contribution in [0.15, 0.2) is 28.7 Å². The van der Waals surface area contributed by atoms with Crippen molar-refractivity contribution >= 4 is 28.0 Å². The van der Waals surface area contributed by atoms with E-state index in [1.54, 1.807) is 20.8 Å². The Morgan fingerprint density at radius 3 is 2.25 bits per heavy atom. The van der Waals surface area contributed by atoms with E-state index < -0.39 is 24.2 Å². The largest absolute Gasteiger partial charge is 0.480 e. The third kappa shape index (κ3) is 6.06. The average Bonchev–Trinajstić information content (AvgIpc) is 2.28. The van der Waals surface area contributed by atoms with Crippen LogP contribution in [0, 0.1) is 0 Å². The summed E-state index contributed by atoms with van der Waals surface area (Å²) in [6, 6.07) is 7.32. The Morgan fingerprint density at radius 2 is 1.80 bits per heavy atom. The summed E-state index contributed by atoms with van der Waals surface area (Å²) < 4.78 is 6.13. The van der Waals surface area contributed by atoms with Gasteiger partial charge < -0.3 is 9.84 Å². The van der Waals surface area contributed by atoms with Crippen LogP contribution in [0.3, 0.4) is 0 Å². The monoisotopic (exact) mass is 343 g/mol. The van der Waals surface area contributed by atoms with E-state index in [4.69, 9.17) is 9.84 Å². The Balaban J connectivity index is 2.81. The fourth-order valence-corrected chi connectivity index (χ4v) is 1.75. The molecular formula is C14H18BrNO4. The van der Waals surface area contributed by atoms with E-state index in [0.29, 0.717) is 0 Å². The van der Waals surface area contributed by atoms with Gasteiger partial charge in [-0.15, -0.1) is 0 Å². The fraction of sp³-hybridized carbons (Fsp3) is 0.429. The van der Waals surface area contributed by atoms with Gasteiger partial charge in [0.15, 0.2) is 0 Å². The average molecular weight is 344 g/mol. The van der Waals surface area contributed by atoms with Crippen LogP contribution in [0.25, 0.3) is 0 Å². The summed E-state index contributed by atoms with van der Waals surface area (Å²) in [5.41, 5.74) is 0.174. The van der Waals surface area contributed by atoms with Gasteiger partial charge in [-0.3, -0.25) is 9.69 Å². The van der Waals surface area contributed by atoms with E-state index in [2.05, 4.69) is 15.9 Å². The fourth-order valence-electron chi connectivity index (χ4n) is 1.48. The molecule has 1 aromatic rings. The maximum absolute atomic E-state index is 12.0. The lowest BCUT2D eigenvalue weighted by molar-refractivity contribution is -0.138. The summed E-state index contributed by atoms with van der Waals surface area (Å²) in [6.07, 6.45) is -0.636. The van der Waals surface area contributed by atoms with Crippen molar-refractivity contribution in [2.24, 2.45) is 0 Å². The SMILES string of the molecule is CC(C)(C)OC(=O)N(CC(=O)O)Cc1ccc(Br)cc1. The minimum Gasteiger partial charge on any atom is -0.480 e. The molecule has 1 aromatic carbocycles. The van der Waals surface area contributed by atoms with Crippen LogP contribution in [-0.4, -0.2) is 34.2 Å². The van der Waals surface area contributed by atoms with Gasteiger partial charge in [0.05, 0.1) is 0 Å². The summed E-state index contributed by atoms with van der Waals surface area (Å²) in [5.74, 6) is -1.08. The summed E-state index contributed by atoms with van der Waals surface area (Å²) in [7, 11) is 0. The molecule has 0 saturated heterocycles. The van der Waals surface area contributed by atoms with E-state index in [0.717, 1.165) is 14.9 Å². The Hall–Kier alpha value is -1.56. The zero-order valence-electron chi connectivity index (χ0n) is 11.7. The standard InChI is InChI=1S/C14H18BrNO4/c1-14(2,3)20-13(19)16(9-12(17)18)8-10-4-6-11(15)7-5-10/h4-7H,8-9H2,1-3H3,(H,17,18). The number of carboxylic acid groups (broad SMARTS) is 1. The molecule has 0 unspecified atom stereocenters. The number of rotatable bonds is 4. The molecular weight excluding hydrogens is 326 g/mol. The van der Waals surface area contributed by atoms with E-state index in [9.17, 15) is 9.59 Å². The van der Waals surface area contributed by atoms with E-state index in [-0.39, 0.29) is 6.54 Å². The van der Waals surface area contributed by atoms with Crippen LogP contribution < -0.4 is 0 Å². The van der Waals surface area contributed by atoms with Crippen molar-refractivity contribution in [2.45, 2.75) is 32.9 Å². The number of aliphatic carboxylic acids is 1. The molecule has 6 heteroatoms. The molecule has 110 valence electrons. The third-order valence-corrected chi connectivity index (χ3v) is 2.79. The van der Waals surface area contributed by atoms with Gasteiger partial charge in [0.1, 0.15) is 12.1 Å². The van der Waals surface area contributed by atoms with Gasteiger partial charge in [0, 0.05) is 11.0 Å². The summed E-state index contributed by atoms with van der Waals surface area (Å²) >= 11 is 3.32. The van der Waals surface area contributed by atoms with Crippen molar-refractivity contribution in [1.29, 1.82) is 0 Å². The molecule has 1 amide bonds. The molecule has 0 fully saturated rings. The number of halogens is 1. The van der Waals surface area contributed by atoms with Crippen molar-refractivity contribution in [1.82, 2.24) is 4.90 Å². The molecule has 0 aliphatic carbocycles. The van der Waals surface area contributed by atoms with Crippen LogP contribution in [0.4, 0.5) is 4.79 Å². The van der Waals surface area contributed by atoms with Gasteiger partial charge in [0.25, 0.3) is 0 Å². The van der Waals surface area contributed by atoms with Crippen molar-refractivity contribution in [3.05, 3.63) is 34.3 Å². The van der Waals surface area contributed by atoms with Gasteiger partial charge in [0.2, 0.25) is 0 Å². The van der Waals surface area contributed by atoms with Gasteiger partial charge in [-0.1, -0.05) is 28.1 Å². The number of hydrogen-bond donors (Lipinski definition) is 1. The molecule has 0 aliphatic rings. The van der Waals surface area contributed by atoms with Gasteiger partial charge in [-0.2, -0.15) is 0 Å². The second-order valence-electron chi connectivity index (χ2n) is 5.36. The zero-order chi connectivity index (χ0) is 15.3. The van der Waals surface area contributed by atoms with Crippen molar-refractivity contribution in [2.75, 3.05) is 6.54 Å². The van der Waals surface area contributed by atoms with Crippen LogP contribution in [0.2, 0.25) is 0 Å². The minimum atomic E-state index is -1.08. The molecule has 0 heterocycles. The van der Waals surface area contributed by atoms with Crippen LogP contribution in [0.1, 0.15) is 26.3 Å². The smallest absolute Gasteiger partial charge is 0.411 e.